The van der Waals surface area contributed by atoms with Crippen molar-refractivity contribution in [1.29, 1.82) is 0 Å². The van der Waals surface area contributed by atoms with Crippen molar-refractivity contribution in [2.45, 2.75) is 19.4 Å². The van der Waals surface area contributed by atoms with Crippen LogP contribution in [-0.2, 0) is 5.60 Å². The second kappa shape index (κ2) is 5.59. The molecule has 3 rings (SSSR count). The zero-order chi connectivity index (χ0) is 15.7. The number of furan rings is 1. The molecule has 0 saturated carbocycles. The third kappa shape index (κ3) is 2.91. The Morgan fingerprint density at radius 2 is 2.18 bits per heavy atom. The van der Waals surface area contributed by atoms with Crippen molar-refractivity contribution >= 4 is 28.2 Å². The van der Waals surface area contributed by atoms with E-state index in [-0.39, 0.29) is 18.2 Å². The van der Waals surface area contributed by atoms with Crippen molar-refractivity contribution in [1.82, 2.24) is 5.32 Å². The molecule has 1 unspecified atom stereocenters. The molecule has 0 fully saturated rings. The van der Waals surface area contributed by atoms with Gasteiger partial charge in [0.25, 0.3) is 5.91 Å². The number of hydrogen-bond acceptors (Lipinski definition) is 4. The molecule has 4 nitrogen and oxygen atoms in total. The molecule has 1 atom stereocenters. The van der Waals surface area contributed by atoms with Crippen LogP contribution in [0.2, 0.25) is 0 Å². The van der Waals surface area contributed by atoms with E-state index in [1.165, 1.54) is 11.3 Å². The number of carbonyl (C=O) groups is 1. The monoisotopic (exact) mass is 315 g/mol. The fourth-order valence-corrected chi connectivity index (χ4v) is 3.07. The van der Waals surface area contributed by atoms with Crippen LogP contribution in [0.4, 0.5) is 0 Å². The van der Waals surface area contributed by atoms with E-state index in [4.69, 9.17) is 4.42 Å². The smallest absolute Gasteiger partial charge is 0.287 e. The van der Waals surface area contributed by atoms with Crippen LogP contribution >= 0.6 is 11.3 Å². The summed E-state index contributed by atoms with van der Waals surface area (Å²) in [4.78, 5) is 13.0. The summed E-state index contributed by atoms with van der Waals surface area (Å²) >= 11 is 1.46. The molecule has 2 N–H and O–H groups in total. The zero-order valence-electron chi connectivity index (χ0n) is 12.4. The van der Waals surface area contributed by atoms with Crippen molar-refractivity contribution in [3.8, 4) is 0 Å². The van der Waals surface area contributed by atoms with Gasteiger partial charge in [0.2, 0.25) is 0 Å². The number of fused-ring (bicyclic) bond motifs is 1. The maximum Gasteiger partial charge on any atom is 0.287 e. The molecule has 2 heterocycles. The van der Waals surface area contributed by atoms with Crippen LogP contribution in [0.25, 0.3) is 11.0 Å². The van der Waals surface area contributed by atoms with E-state index in [2.05, 4.69) is 5.32 Å². The summed E-state index contributed by atoms with van der Waals surface area (Å²) in [5.74, 6) is -0.0757. The predicted molar refractivity (Wildman–Crippen MR) is 87.2 cm³/mol. The molecule has 0 aliphatic carbocycles. The highest BCUT2D eigenvalue weighted by Crippen LogP contribution is 2.25. The van der Waals surface area contributed by atoms with Crippen LogP contribution in [0.15, 0.2) is 46.2 Å². The molecular weight excluding hydrogens is 298 g/mol. The number of thiophene rings is 1. The molecule has 22 heavy (non-hydrogen) atoms. The summed E-state index contributed by atoms with van der Waals surface area (Å²) in [6, 6.07) is 11.2. The highest BCUT2D eigenvalue weighted by molar-refractivity contribution is 7.10. The minimum absolute atomic E-state index is 0.127. The number of nitrogens with one attached hydrogen (secondary N) is 1. The lowest BCUT2D eigenvalue weighted by Gasteiger charge is -2.21. The Labute approximate surface area is 132 Å². The molecule has 1 amide bonds. The Morgan fingerprint density at radius 1 is 1.36 bits per heavy atom. The third-order valence-electron chi connectivity index (χ3n) is 3.54. The highest BCUT2D eigenvalue weighted by atomic mass is 32.1. The van der Waals surface area contributed by atoms with Gasteiger partial charge in [-0.1, -0.05) is 17.7 Å². The third-order valence-corrected chi connectivity index (χ3v) is 4.66. The van der Waals surface area contributed by atoms with Crippen LogP contribution in [0.3, 0.4) is 0 Å². The average molecular weight is 315 g/mol. The molecule has 0 spiro atoms. The maximum absolute atomic E-state index is 12.2. The summed E-state index contributed by atoms with van der Waals surface area (Å²) in [6.07, 6.45) is 0. The van der Waals surface area contributed by atoms with Gasteiger partial charge in [-0.05, 0) is 43.5 Å². The maximum atomic E-state index is 12.2. The van der Waals surface area contributed by atoms with Gasteiger partial charge in [0, 0.05) is 10.3 Å². The van der Waals surface area contributed by atoms with Gasteiger partial charge >= 0.3 is 0 Å². The Hall–Kier alpha value is -2.11. The van der Waals surface area contributed by atoms with Gasteiger partial charge in [0.05, 0.1) is 6.54 Å². The fraction of sp³-hybridized carbons (Fsp3) is 0.235. The molecule has 2 aromatic heterocycles. The van der Waals surface area contributed by atoms with Gasteiger partial charge in [-0.25, -0.2) is 0 Å². The quantitative estimate of drug-likeness (QED) is 0.775. The first-order valence-corrected chi connectivity index (χ1v) is 7.88. The van der Waals surface area contributed by atoms with Gasteiger partial charge in [-0.15, -0.1) is 11.3 Å². The first-order chi connectivity index (χ1) is 10.5. The second-order valence-corrected chi connectivity index (χ2v) is 6.53. The topological polar surface area (TPSA) is 62.5 Å². The molecule has 114 valence electrons. The Morgan fingerprint density at radius 3 is 2.91 bits per heavy atom. The Kier molecular flexibility index (Phi) is 3.76. The first kappa shape index (κ1) is 14.8. The lowest BCUT2D eigenvalue weighted by Crippen LogP contribution is -2.37. The molecule has 0 saturated heterocycles. The van der Waals surface area contributed by atoms with E-state index in [1.54, 1.807) is 13.0 Å². The molecular formula is C17H17NO3S. The van der Waals surface area contributed by atoms with Crippen molar-refractivity contribution in [3.05, 3.63) is 58.0 Å². The number of benzene rings is 1. The van der Waals surface area contributed by atoms with Crippen LogP contribution < -0.4 is 5.32 Å². The molecule has 0 aliphatic rings. The van der Waals surface area contributed by atoms with Crippen molar-refractivity contribution in [2.75, 3.05) is 6.54 Å². The number of amides is 1. The zero-order valence-corrected chi connectivity index (χ0v) is 13.2. The number of rotatable bonds is 4. The summed E-state index contributed by atoms with van der Waals surface area (Å²) in [5.41, 5.74) is 0.702. The number of aryl methyl sites for hydroxylation is 1. The van der Waals surface area contributed by atoms with E-state index in [1.807, 2.05) is 42.6 Å². The summed E-state index contributed by atoms with van der Waals surface area (Å²) in [5, 5.41) is 15.9. The van der Waals surface area contributed by atoms with E-state index in [9.17, 15) is 9.90 Å². The van der Waals surface area contributed by atoms with Crippen LogP contribution in [0.1, 0.15) is 27.9 Å². The molecule has 3 aromatic rings. The van der Waals surface area contributed by atoms with Crippen molar-refractivity contribution in [3.63, 3.8) is 0 Å². The SMILES string of the molecule is Cc1ccc2oc(C(=O)NCC(C)(O)c3cccs3)cc2c1. The standard InChI is InChI=1S/C17H17NO3S/c1-11-5-6-13-12(8-11)9-14(21-13)16(19)18-10-17(2,20)15-4-3-7-22-15/h3-9,20H,10H2,1-2H3,(H,18,19). The Balaban J connectivity index is 1.73. The highest BCUT2D eigenvalue weighted by Gasteiger charge is 2.25. The molecule has 0 aliphatic heterocycles. The normalized spacial score (nSPS) is 14.0. The van der Waals surface area contributed by atoms with Gasteiger partial charge in [-0.2, -0.15) is 0 Å². The summed E-state index contributed by atoms with van der Waals surface area (Å²) in [7, 11) is 0. The average Bonchev–Trinajstić information content (AvgIpc) is 3.13. The van der Waals surface area contributed by atoms with Gasteiger partial charge in [-0.3, -0.25) is 4.79 Å². The molecule has 5 heteroatoms. The van der Waals surface area contributed by atoms with Gasteiger partial charge < -0.3 is 14.8 Å². The van der Waals surface area contributed by atoms with Crippen molar-refractivity contribution in [2.24, 2.45) is 0 Å². The van der Waals surface area contributed by atoms with Crippen LogP contribution in [-0.4, -0.2) is 17.6 Å². The lowest BCUT2D eigenvalue weighted by atomic mass is 10.1. The number of carbonyl (C=O) groups excluding carboxylic acids is 1. The number of aliphatic hydroxyl groups is 1. The lowest BCUT2D eigenvalue weighted by molar-refractivity contribution is 0.0549. The second-order valence-electron chi connectivity index (χ2n) is 5.59. The van der Waals surface area contributed by atoms with Gasteiger partial charge in [0.15, 0.2) is 5.76 Å². The number of hydrogen-bond donors (Lipinski definition) is 2. The van der Waals surface area contributed by atoms with E-state index < -0.39 is 5.60 Å². The van der Waals surface area contributed by atoms with E-state index >= 15 is 0 Å². The summed E-state index contributed by atoms with van der Waals surface area (Å²) in [6.45, 7) is 3.80. The van der Waals surface area contributed by atoms with E-state index in [0.717, 1.165) is 15.8 Å². The van der Waals surface area contributed by atoms with E-state index in [0.29, 0.717) is 5.58 Å². The largest absolute Gasteiger partial charge is 0.451 e. The minimum atomic E-state index is -1.09. The van der Waals surface area contributed by atoms with Crippen LogP contribution in [0.5, 0.6) is 0 Å². The van der Waals surface area contributed by atoms with Crippen LogP contribution in [0, 0.1) is 6.92 Å². The Bertz CT molecular complexity index is 803. The van der Waals surface area contributed by atoms with Crippen molar-refractivity contribution < 1.29 is 14.3 Å². The predicted octanol–water partition coefficient (Wildman–Crippen LogP) is 3.44. The van der Waals surface area contributed by atoms with Gasteiger partial charge in [0.1, 0.15) is 11.2 Å². The molecule has 1 aromatic carbocycles. The minimum Gasteiger partial charge on any atom is -0.451 e. The molecule has 0 radical (unpaired) electrons. The fourth-order valence-electron chi connectivity index (χ4n) is 2.29. The summed E-state index contributed by atoms with van der Waals surface area (Å²) < 4.78 is 5.55. The molecule has 0 bridgehead atoms. The first-order valence-electron chi connectivity index (χ1n) is 7.00.